The van der Waals surface area contributed by atoms with Crippen molar-refractivity contribution in [3.63, 3.8) is 0 Å². The summed E-state index contributed by atoms with van der Waals surface area (Å²) in [4.78, 5) is 4.46. The topological polar surface area (TPSA) is 42.4 Å². The molecule has 2 heterocycles. The van der Waals surface area contributed by atoms with E-state index in [0.717, 1.165) is 30.3 Å². The highest BCUT2D eigenvalue weighted by molar-refractivity contribution is 7.09. The average molecular weight is 199 g/mol. The molecule has 1 atom stereocenters. The Labute approximate surface area is 81.4 Å². The van der Waals surface area contributed by atoms with Crippen LogP contribution in [0.15, 0.2) is 5.38 Å². The zero-order chi connectivity index (χ0) is 9.10. The second-order valence-electron chi connectivity index (χ2n) is 3.20. The lowest BCUT2D eigenvalue weighted by molar-refractivity contribution is 0.193. The Morgan fingerprint density at radius 2 is 2.62 bits per heavy atom. The maximum atomic E-state index is 8.74. The van der Waals surface area contributed by atoms with Crippen molar-refractivity contribution < 1.29 is 9.84 Å². The Morgan fingerprint density at radius 3 is 3.31 bits per heavy atom. The van der Waals surface area contributed by atoms with E-state index in [1.54, 1.807) is 11.3 Å². The Hall–Kier alpha value is -0.450. The van der Waals surface area contributed by atoms with E-state index in [-0.39, 0.29) is 6.61 Å². The molecule has 1 aliphatic rings. The van der Waals surface area contributed by atoms with Crippen molar-refractivity contribution in [2.24, 2.45) is 0 Å². The average Bonchev–Trinajstić information content (AvgIpc) is 2.70. The third-order valence-corrected chi connectivity index (χ3v) is 3.17. The fourth-order valence-corrected chi connectivity index (χ4v) is 2.36. The van der Waals surface area contributed by atoms with Crippen LogP contribution in [-0.4, -0.2) is 29.9 Å². The van der Waals surface area contributed by atoms with Crippen molar-refractivity contribution >= 4 is 11.3 Å². The molecule has 1 N–H and O–H groups in total. The summed E-state index contributed by atoms with van der Waals surface area (Å²) in [7, 11) is 0. The zero-order valence-electron chi connectivity index (χ0n) is 7.40. The van der Waals surface area contributed by atoms with E-state index in [2.05, 4.69) is 10.4 Å². The number of nitrogens with zero attached hydrogens (tertiary/aromatic N) is 1. The second kappa shape index (κ2) is 4.17. The van der Waals surface area contributed by atoms with Gasteiger partial charge in [0.2, 0.25) is 0 Å². The maximum Gasteiger partial charge on any atom is 0.0951 e. The van der Waals surface area contributed by atoms with Gasteiger partial charge >= 0.3 is 0 Å². The summed E-state index contributed by atoms with van der Waals surface area (Å²) in [5, 5.41) is 11.9. The highest BCUT2D eigenvalue weighted by Gasteiger charge is 2.20. The molecule has 1 aliphatic heterocycles. The number of hydrogen-bond donors (Lipinski definition) is 1. The molecule has 0 amide bonds. The number of hydrogen-bond acceptors (Lipinski definition) is 4. The molecule has 1 unspecified atom stereocenters. The molecular formula is C9H13NO2S. The standard InChI is InChI=1S/C9H13NO2S/c11-3-1-9-10-8(6-13-9)7-2-4-12-5-7/h6-7,11H,1-5H2. The molecule has 0 aliphatic carbocycles. The Kier molecular flexibility index (Phi) is 2.93. The number of ether oxygens (including phenoxy) is 1. The largest absolute Gasteiger partial charge is 0.396 e. The first kappa shape index (κ1) is 9.12. The minimum Gasteiger partial charge on any atom is -0.396 e. The number of rotatable bonds is 3. The van der Waals surface area contributed by atoms with Crippen molar-refractivity contribution in [3.05, 3.63) is 16.1 Å². The van der Waals surface area contributed by atoms with Crippen LogP contribution < -0.4 is 0 Å². The van der Waals surface area contributed by atoms with E-state index in [1.165, 1.54) is 0 Å². The molecule has 1 fully saturated rings. The minimum atomic E-state index is 0.189. The Balaban J connectivity index is 2.03. The van der Waals surface area contributed by atoms with Crippen LogP contribution in [0.1, 0.15) is 23.0 Å². The van der Waals surface area contributed by atoms with Crippen LogP contribution in [0.5, 0.6) is 0 Å². The van der Waals surface area contributed by atoms with Crippen molar-refractivity contribution in [2.45, 2.75) is 18.8 Å². The van der Waals surface area contributed by atoms with Crippen molar-refractivity contribution in [3.8, 4) is 0 Å². The van der Waals surface area contributed by atoms with Gasteiger partial charge in [0.05, 0.1) is 17.3 Å². The van der Waals surface area contributed by atoms with Crippen molar-refractivity contribution in [2.75, 3.05) is 19.8 Å². The number of thiazole rings is 1. The fraction of sp³-hybridized carbons (Fsp3) is 0.667. The third kappa shape index (κ3) is 2.07. The van der Waals surface area contributed by atoms with Gasteiger partial charge in [-0.25, -0.2) is 4.98 Å². The normalized spacial score (nSPS) is 22.4. The minimum absolute atomic E-state index is 0.189. The van der Waals surface area contributed by atoms with E-state index in [4.69, 9.17) is 9.84 Å². The molecule has 0 aromatic carbocycles. The lowest BCUT2D eigenvalue weighted by atomic mass is 10.1. The lowest BCUT2D eigenvalue weighted by Gasteiger charge is -2.00. The van der Waals surface area contributed by atoms with Crippen LogP contribution in [0.4, 0.5) is 0 Å². The highest BCUT2D eigenvalue weighted by atomic mass is 32.1. The van der Waals surface area contributed by atoms with Gasteiger partial charge in [-0.1, -0.05) is 0 Å². The van der Waals surface area contributed by atoms with Gasteiger partial charge in [0.15, 0.2) is 0 Å². The summed E-state index contributed by atoms with van der Waals surface area (Å²) >= 11 is 1.63. The SMILES string of the molecule is OCCc1nc(C2CCOC2)cs1. The first-order valence-electron chi connectivity index (χ1n) is 4.53. The van der Waals surface area contributed by atoms with Crippen molar-refractivity contribution in [1.29, 1.82) is 0 Å². The number of aromatic nitrogens is 1. The van der Waals surface area contributed by atoms with E-state index in [9.17, 15) is 0 Å². The summed E-state index contributed by atoms with van der Waals surface area (Å²) in [6.07, 6.45) is 1.76. The molecule has 0 bridgehead atoms. The highest BCUT2D eigenvalue weighted by Crippen LogP contribution is 2.26. The molecule has 1 aromatic rings. The number of aliphatic hydroxyl groups excluding tert-OH is 1. The van der Waals surface area contributed by atoms with Gasteiger partial charge in [0.1, 0.15) is 0 Å². The smallest absolute Gasteiger partial charge is 0.0951 e. The van der Waals surface area contributed by atoms with E-state index < -0.39 is 0 Å². The molecule has 3 nitrogen and oxygen atoms in total. The van der Waals surface area contributed by atoms with Crippen LogP contribution in [-0.2, 0) is 11.2 Å². The first-order chi connectivity index (χ1) is 6.40. The van der Waals surface area contributed by atoms with Gasteiger partial charge in [0.25, 0.3) is 0 Å². The van der Waals surface area contributed by atoms with Gasteiger partial charge in [-0.15, -0.1) is 11.3 Å². The first-order valence-corrected chi connectivity index (χ1v) is 5.41. The predicted molar refractivity (Wildman–Crippen MR) is 51.1 cm³/mol. The van der Waals surface area contributed by atoms with E-state index in [1.807, 2.05) is 0 Å². The second-order valence-corrected chi connectivity index (χ2v) is 4.14. The Bertz CT molecular complexity index is 268. The molecule has 1 saturated heterocycles. The molecule has 1 aromatic heterocycles. The van der Waals surface area contributed by atoms with Crippen LogP contribution in [0.2, 0.25) is 0 Å². The van der Waals surface area contributed by atoms with Crippen LogP contribution in [0.3, 0.4) is 0 Å². The van der Waals surface area contributed by atoms with Crippen LogP contribution >= 0.6 is 11.3 Å². The molecule has 0 spiro atoms. The van der Waals surface area contributed by atoms with Gasteiger partial charge in [-0.05, 0) is 6.42 Å². The predicted octanol–water partition coefficient (Wildman–Crippen LogP) is 1.18. The molecule has 72 valence electrons. The van der Waals surface area contributed by atoms with Crippen LogP contribution in [0, 0.1) is 0 Å². The van der Waals surface area contributed by atoms with Crippen LogP contribution in [0.25, 0.3) is 0 Å². The number of aliphatic hydroxyl groups is 1. The van der Waals surface area contributed by atoms with Crippen molar-refractivity contribution in [1.82, 2.24) is 4.98 Å². The van der Waals surface area contributed by atoms with Gasteiger partial charge in [-0.3, -0.25) is 0 Å². The maximum absolute atomic E-state index is 8.74. The molecule has 13 heavy (non-hydrogen) atoms. The lowest BCUT2D eigenvalue weighted by Crippen LogP contribution is -1.98. The summed E-state index contributed by atoms with van der Waals surface area (Å²) in [5.74, 6) is 0.490. The molecule has 4 heteroatoms. The van der Waals surface area contributed by atoms with E-state index in [0.29, 0.717) is 12.3 Å². The quantitative estimate of drug-likeness (QED) is 0.795. The zero-order valence-corrected chi connectivity index (χ0v) is 8.22. The fourth-order valence-electron chi connectivity index (χ4n) is 1.49. The molecule has 0 radical (unpaired) electrons. The molecular weight excluding hydrogens is 186 g/mol. The third-order valence-electron chi connectivity index (χ3n) is 2.24. The molecule has 2 rings (SSSR count). The van der Waals surface area contributed by atoms with Gasteiger partial charge in [-0.2, -0.15) is 0 Å². The Morgan fingerprint density at radius 1 is 1.69 bits per heavy atom. The van der Waals surface area contributed by atoms with Gasteiger partial charge in [0, 0.05) is 30.9 Å². The van der Waals surface area contributed by atoms with Gasteiger partial charge < -0.3 is 9.84 Å². The molecule has 0 saturated carbocycles. The summed E-state index contributed by atoms with van der Waals surface area (Å²) in [6, 6.07) is 0. The summed E-state index contributed by atoms with van der Waals surface area (Å²) < 4.78 is 5.30. The summed E-state index contributed by atoms with van der Waals surface area (Å²) in [5.41, 5.74) is 1.14. The monoisotopic (exact) mass is 199 g/mol. The summed E-state index contributed by atoms with van der Waals surface area (Å²) in [6.45, 7) is 1.86. The van der Waals surface area contributed by atoms with E-state index >= 15 is 0 Å².